The number of hydrogen-bond acceptors (Lipinski definition) is 2. The minimum atomic E-state index is -0.452. The Morgan fingerprint density at radius 3 is 2.40 bits per heavy atom. The summed E-state index contributed by atoms with van der Waals surface area (Å²) in [5, 5.41) is 0. The molecule has 1 heterocycles. The minimum absolute atomic E-state index is 0.0331. The lowest BCUT2D eigenvalue weighted by atomic mass is 10.1. The van der Waals surface area contributed by atoms with Crippen LogP contribution in [0.3, 0.4) is 0 Å². The van der Waals surface area contributed by atoms with Crippen molar-refractivity contribution in [2.24, 2.45) is 5.73 Å². The molecule has 84 valence electrons. The van der Waals surface area contributed by atoms with Gasteiger partial charge in [0.1, 0.15) is 6.54 Å². The molecule has 0 aliphatic rings. The third-order valence-corrected chi connectivity index (χ3v) is 2.13. The molecule has 1 aromatic rings. The summed E-state index contributed by atoms with van der Waals surface area (Å²) < 4.78 is 3.16. The molecule has 1 aromatic heterocycles. The molecule has 0 bridgehead atoms. The highest BCUT2D eigenvalue weighted by Crippen LogP contribution is 2.12. The zero-order chi connectivity index (χ0) is 11.8. The number of rotatable bonds is 2. The van der Waals surface area contributed by atoms with Gasteiger partial charge in [-0.3, -0.25) is 14.3 Å². The number of carbonyl (C=O) groups excluding carboxylic acids is 1. The average molecular weight is 211 g/mol. The molecule has 15 heavy (non-hydrogen) atoms. The summed E-state index contributed by atoms with van der Waals surface area (Å²) in [5.74, 6) is -0.452. The summed E-state index contributed by atoms with van der Waals surface area (Å²) in [6, 6.07) is 1.51. The second-order valence-corrected chi connectivity index (χ2v) is 4.63. The molecule has 5 heteroatoms. The Morgan fingerprint density at radius 1 is 1.47 bits per heavy atom. The van der Waals surface area contributed by atoms with Gasteiger partial charge in [-0.2, -0.15) is 0 Å². The number of primary amides is 1. The van der Waals surface area contributed by atoms with E-state index in [4.69, 9.17) is 5.73 Å². The molecule has 1 amide bonds. The van der Waals surface area contributed by atoms with E-state index in [-0.39, 0.29) is 17.6 Å². The lowest BCUT2D eigenvalue weighted by Crippen LogP contribution is -2.38. The van der Waals surface area contributed by atoms with Gasteiger partial charge in [-0.1, -0.05) is 0 Å². The van der Waals surface area contributed by atoms with Gasteiger partial charge in [-0.25, -0.2) is 4.68 Å². The largest absolute Gasteiger partial charge is 0.368 e. The van der Waals surface area contributed by atoms with Gasteiger partial charge in [-0.15, -0.1) is 0 Å². The highest BCUT2D eigenvalue weighted by Gasteiger charge is 2.20. The molecule has 0 atom stereocenters. The van der Waals surface area contributed by atoms with Gasteiger partial charge in [0, 0.05) is 11.8 Å². The van der Waals surface area contributed by atoms with Crippen LogP contribution in [-0.4, -0.2) is 15.3 Å². The van der Waals surface area contributed by atoms with Crippen LogP contribution in [0.4, 0.5) is 0 Å². The van der Waals surface area contributed by atoms with E-state index < -0.39 is 5.91 Å². The second-order valence-electron chi connectivity index (χ2n) is 4.63. The normalized spacial score (nSPS) is 11.7. The van der Waals surface area contributed by atoms with Crippen molar-refractivity contribution < 1.29 is 4.79 Å². The fourth-order valence-electron chi connectivity index (χ4n) is 1.63. The Balaban J connectivity index is 3.36. The average Bonchev–Trinajstić information content (AvgIpc) is 2.23. The first-order valence-electron chi connectivity index (χ1n) is 4.81. The first kappa shape index (κ1) is 11.6. The Kier molecular flexibility index (Phi) is 2.75. The van der Waals surface area contributed by atoms with Crippen molar-refractivity contribution in [1.29, 1.82) is 0 Å². The number of nitrogens with zero attached hydrogens (tertiary/aromatic N) is 2. The topological polar surface area (TPSA) is 70.0 Å². The van der Waals surface area contributed by atoms with Crippen molar-refractivity contribution in [2.75, 3.05) is 0 Å². The first-order chi connectivity index (χ1) is 6.73. The zero-order valence-electron chi connectivity index (χ0n) is 9.57. The molecular weight excluding hydrogens is 194 g/mol. The molecular formula is C10H17N3O2. The summed E-state index contributed by atoms with van der Waals surface area (Å²) >= 11 is 0. The molecule has 0 radical (unpaired) electrons. The predicted molar refractivity (Wildman–Crippen MR) is 57.6 cm³/mol. The Hall–Kier alpha value is -1.52. The first-order valence-corrected chi connectivity index (χ1v) is 4.81. The van der Waals surface area contributed by atoms with Gasteiger partial charge in [-0.05, 0) is 27.7 Å². The van der Waals surface area contributed by atoms with Gasteiger partial charge in [0.25, 0.3) is 5.56 Å². The van der Waals surface area contributed by atoms with E-state index in [1.165, 1.54) is 6.07 Å². The van der Waals surface area contributed by atoms with Crippen LogP contribution in [0, 0.1) is 6.92 Å². The lowest BCUT2D eigenvalue weighted by molar-refractivity contribution is -0.119. The van der Waals surface area contributed by atoms with Gasteiger partial charge in [0.15, 0.2) is 0 Å². The third-order valence-electron chi connectivity index (χ3n) is 2.13. The number of amides is 1. The van der Waals surface area contributed by atoms with Crippen molar-refractivity contribution in [2.45, 2.75) is 39.8 Å². The Morgan fingerprint density at radius 2 is 2.00 bits per heavy atom. The highest BCUT2D eigenvalue weighted by atomic mass is 16.2. The molecule has 0 aliphatic heterocycles. The van der Waals surface area contributed by atoms with E-state index >= 15 is 0 Å². The smallest absolute Gasteiger partial charge is 0.267 e. The van der Waals surface area contributed by atoms with Crippen molar-refractivity contribution in [3.05, 3.63) is 22.1 Å². The molecule has 5 nitrogen and oxygen atoms in total. The molecule has 0 unspecified atom stereocenters. The number of aromatic nitrogens is 2. The number of carbonyl (C=O) groups is 1. The van der Waals surface area contributed by atoms with Crippen LogP contribution in [-0.2, 0) is 16.9 Å². The van der Waals surface area contributed by atoms with Crippen molar-refractivity contribution >= 4 is 5.91 Å². The molecule has 0 fully saturated rings. The number of nitrogens with two attached hydrogens (primary N) is 1. The summed E-state index contributed by atoms with van der Waals surface area (Å²) in [6.45, 7) is 7.54. The fourth-order valence-corrected chi connectivity index (χ4v) is 1.63. The Bertz CT molecular complexity index is 435. The summed E-state index contributed by atoms with van der Waals surface area (Å²) in [6.07, 6.45) is 0. The van der Waals surface area contributed by atoms with Gasteiger partial charge in [0.05, 0.1) is 5.54 Å². The van der Waals surface area contributed by atoms with Gasteiger partial charge >= 0.3 is 0 Å². The van der Waals surface area contributed by atoms with E-state index in [0.29, 0.717) is 0 Å². The molecule has 1 rings (SSSR count). The van der Waals surface area contributed by atoms with E-state index in [9.17, 15) is 9.59 Å². The fraction of sp³-hybridized carbons (Fsp3) is 0.600. The highest BCUT2D eigenvalue weighted by molar-refractivity contribution is 5.73. The molecule has 0 aliphatic carbocycles. The summed E-state index contributed by atoms with van der Waals surface area (Å²) in [4.78, 5) is 22.6. The van der Waals surface area contributed by atoms with Crippen molar-refractivity contribution in [3.63, 3.8) is 0 Å². The quantitative estimate of drug-likeness (QED) is 0.759. The van der Waals surface area contributed by atoms with Crippen LogP contribution in [0.2, 0.25) is 0 Å². The third kappa shape index (κ3) is 2.29. The molecule has 2 N–H and O–H groups in total. The molecule has 0 saturated carbocycles. The molecule has 0 spiro atoms. The maximum absolute atomic E-state index is 11.7. The lowest BCUT2D eigenvalue weighted by Gasteiger charge is -2.24. The van der Waals surface area contributed by atoms with Gasteiger partial charge < -0.3 is 5.73 Å². The van der Waals surface area contributed by atoms with E-state index in [2.05, 4.69) is 0 Å². The van der Waals surface area contributed by atoms with E-state index in [1.807, 2.05) is 20.8 Å². The van der Waals surface area contributed by atoms with E-state index in [1.54, 1.807) is 16.3 Å². The van der Waals surface area contributed by atoms with Gasteiger partial charge in [0.2, 0.25) is 5.91 Å². The summed E-state index contributed by atoms with van der Waals surface area (Å²) in [7, 11) is 0. The SMILES string of the molecule is Cc1cc(=O)n(C(C)(C)C)n1CC(N)=O. The van der Waals surface area contributed by atoms with Crippen LogP contribution in [0.25, 0.3) is 0 Å². The van der Waals surface area contributed by atoms with Crippen LogP contribution < -0.4 is 11.3 Å². The predicted octanol–water partition coefficient (Wildman–Crippen LogP) is 0.199. The number of aryl methyl sites for hydroxylation is 1. The maximum Gasteiger partial charge on any atom is 0.267 e. The minimum Gasteiger partial charge on any atom is -0.368 e. The van der Waals surface area contributed by atoms with E-state index in [0.717, 1.165) is 5.69 Å². The summed E-state index contributed by atoms with van der Waals surface area (Å²) in [5.41, 5.74) is 5.41. The zero-order valence-corrected chi connectivity index (χ0v) is 9.57. The monoisotopic (exact) mass is 211 g/mol. The van der Waals surface area contributed by atoms with Crippen LogP contribution >= 0.6 is 0 Å². The van der Waals surface area contributed by atoms with Crippen LogP contribution in [0.1, 0.15) is 26.5 Å². The maximum atomic E-state index is 11.7. The van der Waals surface area contributed by atoms with Crippen molar-refractivity contribution in [3.8, 4) is 0 Å². The van der Waals surface area contributed by atoms with Crippen LogP contribution in [0.15, 0.2) is 10.9 Å². The number of hydrogen-bond donors (Lipinski definition) is 1. The molecule has 0 aromatic carbocycles. The Labute approximate surface area is 88.5 Å². The molecule has 0 saturated heterocycles. The standard InChI is InChI=1S/C10H17N3O2/c1-7-5-9(15)13(10(2,3)4)12(7)6-8(11)14/h5H,6H2,1-4H3,(H2,11,14). The van der Waals surface area contributed by atoms with Crippen molar-refractivity contribution in [1.82, 2.24) is 9.36 Å². The second kappa shape index (κ2) is 3.56. The van der Waals surface area contributed by atoms with Crippen LogP contribution in [0.5, 0.6) is 0 Å².